The average Bonchev–Trinajstić information content (AvgIpc) is 2.92. The van der Waals surface area contributed by atoms with Crippen LogP contribution >= 0.6 is 23.4 Å². The van der Waals surface area contributed by atoms with Crippen molar-refractivity contribution in [1.82, 2.24) is 15.1 Å². The number of amidine groups is 1. The van der Waals surface area contributed by atoms with E-state index in [0.29, 0.717) is 22.5 Å². The van der Waals surface area contributed by atoms with Gasteiger partial charge in [-0.25, -0.2) is 9.79 Å². The van der Waals surface area contributed by atoms with E-state index < -0.39 is 18.2 Å². The van der Waals surface area contributed by atoms with Crippen molar-refractivity contribution in [2.75, 3.05) is 12.8 Å². The Hall–Kier alpha value is -1.99. The summed E-state index contributed by atoms with van der Waals surface area (Å²) in [5.74, 6) is 0.324. The van der Waals surface area contributed by atoms with Gasteiger partial charge in [-0.15, -0.1) is 6.58 Å². The van der Waals surface area contributed by atoms with E-state index in [2.05, 4.69) is 16.9 Å². The summed E-state index contributed by atoms with van der Waals surface area (Å²) in [4.78, 5) is 32.2. The molecule has 0 aromatic heterocycles. The van der Waals surface area contributed by atoms with Crippen molar-refractivity contribution in [1.29, 1.82) is 0 Å². The number of rotatable bonds is 4. The summed E-state index contributed by atoms with van der Waals surface area (Å²) < 4.78 is 0. The van der Waals surface area contributed by atoms with E-state index in [4.69, 9.17) is 11.6 Å². The van der Waals surface area contributed by atoms with Crippen LogP contribution in [0.4, 0.5) is 4.79 Å². The third-order valence-electron chi connectivity index (χ3n) is 3.95. The van der Waals surface area contributed by atoms with Crippen LogP contribution in [0.3, 0.4) is 0 Å². The van der Waals surface area contributed by atoms with E-state index in [1.807, 2.05) is 29.2 Å². The zero-order chi connectivity index (χ0) is 17.3. The van der Waals surface area contributed by atoms with Gasteiger partial charge in [-0.2, -0.15) is 0 Å². The molecule has 1 saturated heterocycles. The van der Waals surface area contributed by atoms with E-state index in [0.717, 1.165) is 5.56 Å². The first kappa shape index (κ1) is 16.9. The highest BCUT2D eigenvalue weighted by Crippen LogP contribution is 2.31. The molecule has 2 unspecified atom stereocenters. The Labute approximate surface area is 149 Å². The molecule has 3 amide bonds. The highest BCUT2D eigenvalue weighted by Gasteiger charge is 2.48. The Bertz CT molecular complexity index is 724. The molecule has 1 aromatic carbocycles. The number of urea groups is 1. The molecule has 6 nitrogen and oxygen atoms in total. The number of likely N-dealkylation sites (N-methyl/N-ethyl adjacent to an activating group) is 1. The number of hydrogen-bond acceptors (Lipinski definition) is 5. The number of amides is 3. The molecule has 2 aliphatic rings. The average molecular weight is 365 g/mol. The van der Waals surface area contributed by atoms with Crippen LogP contribution < -0.4 is 5.32 Å². The third kappa shape index (κ3) is 3.01. The molecular weight excluding hydrogens is 348 g/mol. The molecule has 0 bridgehead atoms. The van der Waals surface area contributed by atoms with Crippen LogP contribution in [0.2, 0.25) is 5.02 Å². The van der Waals surface area contributed by atoms with Gasteiger partial charge >= 0.3 is 6.03 Å². The third-order valence-corrected chi connectivity index (χ3v) is 5.32. The monoisotopic (exact) mass is 364 g/mol. The molecule has 24 heavy (non-hydrogen) atoms. The number of hydrogen-bond donors (Lipinski definition) is 1. The number of imide groups is 1. The van der Waals surface area contributed by atoms with Crippen molar-refractivity contribution >= 4 is 40.5 Å². The Balaban J connectivity index is 1.93. The Kier molecular flexibility index (Phi) is 4.82. The second-order valence-electron chi connectivity index (χ2n) is 5.49. The zero-order valence-corrected chi connectivity index (χ0v) is 14.7. The van der Waals surface area contributed by atoms with Crippen molar-refractivity contribution in [3.8, 4) is 0 Å². The van der Waals surface area contributed by atoms with E-state index in [9.17, 15) is 9.59 Å². The second kappa shape index (κ2) is 6.86. The van der Waals surface area contributed by atoms with Gasteiger partial charge in [0.05, 0.1) is 0 Å². The molecule has 0 saturated carbocycles. The molecule has 2 aliphatic heterocycles. The Morgan fingerprint density at radius 1 is 1.42 bits per heavy atom. The molecule has 0 radical (unpaired) electrons. The SMILES string of the molecule is C=CCSC1=NC2C(C(=O)NC(=O)N2C)N1Cc1ccccc1Cl. The maximum absolute atomic E-state index is 12.4. The Morgan fingerprint density at radius 2 is 2.17 bits per heavy atom. The largest absolute Gasteiger partial charge is 0.331 e. The summed E-state index contributed by atoms with van der Waals surface area (Å²) in [6.45, 7) is 4.16. The maximum atomic E-state index is 12.4. The van der Waals surface area contributed by atoms with Gasteiger partial charge in [0, 0.05) is 24.4 Å². The predicted molar refractivity (Wildman–Crippen MR) is 96.0 cm³/mol. The number of halogens is 1. The highest BCUT2D eigenvalue weighted by atomic mass is 35.5. The van der Waals surface area contributed by atoms with Gasteiger partial charge < -0.3 is 9.80 Å². The van der Waals surface area contributed by atoms with E-state index in [1.54, 1.807) is 13.1 Å². The minimum atomic E-state index is -0.559. The summed E-state index contributed by atoms with van der Waals surface area (Å²) in [6, 6.07) is 6.50. The van der Waals surface area contributed by atoms with Crippen LogP contribution in [-0.2, 0) is 11.3 Å². The fourth-order valence-electron chi connectivity index (χ4n) is 2.73. The standard InChI is InChI=1S/C16H17ClN4O2S/c1-3-8-24-16-18-13-12(14(22)19-15(23)20(13)2)21(16)9-10-6-4-5-7-11(10)17/h3-7,12-13H,1,8-9H2,2H3,(H,19,22,23). The van der Waals surface area contributed by atoms with Crippen LogP contribution in [0.1, 0.15) is 5.56 Å². The molecular formula is C16H17ClN4O2S. The van der Waals surface area contributed by atoms with E-state index in [-0.39, 0.29) is 5.91 Å². The summed E-state index contributed by atoms with van der Waals surface area (Å²) >= 11 is 7.75. The van der Waals surface area contributed by atoms with Crippen LogP contribution in [0, 0.1) is 0 Å². The minimum Gasteiger partial charge on any atom is -0.331 e. The van der Waals surface area contributed by atoms with Crippen molar-refractivity contribution in [2.45, 2.75) is 18.8 Å². The van der Waals surface area contributed by atoms with Gasteiger partial charge in [-0.3, -0.25) is 10.1 Å². The van der Waals surface area contributed by atoms with Crippen LogP contribution in [0.25, 0.3) is 0 Å². The molecule has 2 atom stereocenters. The molecule has 3 rings (SSSR count). The molecule has 1 aromatic rings. The van der Waals surface area contributed by atoms with Crippen LogP contribution in [-0.4, -0.2) is 51.9 Å². The van der Waals surface area contributed by atoms with Gasteiger partial charge in [0.1, 0.15) is 0 Å². The van der Waals surface area contributed by atoms with Crippen molar-refractivity contribution in [3.63, 3.8) is 0 Å². The predicted octanol–water partition coefficient (Wildman–Crippen LogP) is 2.31. The first-order valence-electron chi connectivity index (χ1n) is 7.42. The summed E-state index contributed by atoms with van der Waals surface area (Å²) in [5.41, 5.74) is 0.902. The first-order valence-corrected chi connectivity index (χ1v) is 8.78. The molecule has 1 fully saturated rings. The number of carbonyl (C=O) groups excluding carboxylic acids is 2. The van der Waals surface area contributed by atoms with Crippen LogP contribution in [0.15, 0.2) is 41.9 Å². The van der Waals surface area contributed by atoms with Crippen LogP contribution in [0.5, 0.6) is 0 Å². The highest BCUT2D eigenvalue weighted by molar-refractivity contribution is 8.13. The summed E-state index contributed by atoms with van der Waals surface area (Å²) in [7, 11) is 1.64. The second-order valence-corrected chi connectivity index (χ2v) is 6.89. The lowest BCUT2D eigenvalue weighted by molar-refractivity contribution is -0.127. The Morgan fingerprint density at radius 3 is 2.88 bits per heavy atom. The lowest BCUT2D eigenvalue weighted by Crippen LogP contribution is -2.63. The molecule has 0 aliphatic carbocycles. The molecule has 2 heterocycles. The molecule has 1 N–H and O–H groups in total. The van der Waals surface area contributed by atoms with Crippen molar-refractivity contribution in [2.24, 2.45) is 4.99 Å². The fraction of sp³-hybridized carbons (Fsp3) is 0.312. The maximum Gasteiger partial charge on any atom is 0.325 e. The number of nitrogens with one attached hydrogen (secondary N) is 1. The number of thioether (sulfide) groups is 1. The normalized spacial score (nSPS) is 23.0. The topological polar surface area (TPSA) is 65.0 Å². The molecule has 0 spiro atoms. The van der Waals surface area contributed by atoms with Gasteiger partial charge in [0.2, 0.25) is 0 Å². The zero-order valence-electron chi connectivity index (χ0n) is 13.1. The lowest BCUT2D eigenvalue weighted by Gasteiger charge is -2.36. The quantitative estimate of drug-likeness (QED) is 0.833. The fourth-order valence-corrected chi connectivity index (χ4v) is 3.72. The number of nitrogens with zero attached hydrogens (tertiary/aromatic N) is 3. The lowest BCUT2D eigenvalue weighted by atomic mass is 10.1. The van der Waals surface area contributed by atoms with Crippen molar-refractivity contribution in [3.05, 3.63) is 47.5 Å². The summed E-state index contributed by atoms with van der Waals surface area (Å²) in [6.07, 6.45) is 1.25. The van der Waals surface area contributed by atoms with Gasteiger partial charge in [0.25, 0.3) is 5.91 Å². The minimum absolute atomic E-state index is 0.340. The number of benzene rings is 1. The van der Waals surface area contributed by atoms with Gasteiger partial charge in [-0.1, -0.05) is 47.6 Å². The molecule has 126 valence electrons. The number of aliphatic imine (C=N–C) groups is 1. The van der Waals surface area contributed by atoms with Gasteiger partial charge in [0.15, 0.2) is 17.4 Å². The molecule has 8 heteroatoms. The van der Waals surface area contributed by atoms with E-state index in [1.165, 1.54) is 16.7 Å². The smallest absolute Gasteiger partial charge is 0.325 e. The number of fused-ring (bicyclic) bond motifs is 1. The van der Waals surface area contributed by atoms with Gasteiger partial charge in [-0.05, 0) is 11.6 Å². The summed E-state index contributed by atoms with van der Waals surface area (Å²) in [5, 5.41) is 3.72. The van der Waals surface area contributed by atoms with Crippen molar-refractivity contribution < 1.29 is 9.59 Å². The first-order chi connectivity index (χ1) is 11.5. The number of carbonyl (C=O) groups is 2. The van der Waals surface area contributed by atoms with E-state index >= 15 is 0 Å².